The number of anilines is 1. The number of allylic oxidation sites excluding steroid dienone is 1. The molecule has 0 radical (unpaired) electrons. The minimum absolute atomic E-state index is 0.00912. The average molecular weight is 552 g/mol. The van der Waals surface area contributed by atoms with Gasteiger partial charge in [0.15, 0.2) is 6.10 Å². The molecule has 2 saturated heterocycles. The van der Waals surface area contributed by atoms with Crippen LogP contribution in [0.3, 0.4) is 0 Å². The highest BCUT2D eigenvalue weighted by Gasteiger charge is 2.28. The maximum absolute atomic E-state index is 12.0. The number of phenols is 1. The van der Waals surface area contributed by atoms with Gasteiger partial charge in [-0.3, -0.25) is 20.3 Å². The van der Waals surface area contributed by atoms with Gasteiger partial charge in [0.2, 0.25) is 5.91 Å². The van der Waals surface area contributed by atoms with Crippen LogP contribution in [0.15, 0.2) is 78.9 Å². The Morgan fingerprint density at radius 2 is 1.63 bits per heavy atom. The van der Waals surface area contributed by atoms with Crippen molar-refractivity contribution in [2.45, 2.75) is 37.7 Å². The molecule has 3 aromatic rings. The maximum atomic E-state index is 12.0. The van der Waals surface area contributed by atoms with E-state index in [9.17, 15) is 14.7 Å². The first-order valence-corrected chi connectivity index (χ1v) is 13.7. The van der Waals surface area contributed by atoms with E-state index in [4.69, 9.17) is 21.3 Å². The van der Waals surface area contributed by atoms with E-state index in [2.05, 4.69) is 22.3 Å². The molecule has 0 spiro atoms. The normalized spacial score (nSPS) is 18.1. The van der Waals surface area contributed by atoms with E-state index in [0.29, 0.717) is 29.2 Å². The van der Waals surface area contributed by atoms with Crippen LogP contribution in [0.25, 0.3) is 5.57 Å². The molecule has 2 heterocycles. The molecular formula is C32H33N5O4. The van der Waals surface area contributed by atoms with Crippen LogP contribution in [-0.4, -0.2) is 47.7 Å². The number of aromatic hydroxyl groups is 1. The molecule has 210 valence electrons. The number of amides is 2. The quantitative estimate of drug-likeness (QED) is 0.159. The van der Waals surface area contributed by atoms with E-state index in [-0.39, 0.29) is 35.5 Å². The van der Waals surface area contributed by atoms with Crippen LogP contribution in [-0.2, 0) is 9.59 Å². The highest BCUT2D eigenvalue weighted by atomic mass is 16.5. The summed E-state index contributed by atoms with van der Waals surface area (Å²) in [7, 11) is 0. The second-order valence-electron chi connectivity index (χ2n) is 10.3. The number of phenolic OH excluding ortho intramolecular Hbond substituents is 1. The lowest BCUT2D eigenvalue weighted by Gasteiger charge is -2.34. The van der Waals surface area contributed by atoms with Gasteiger partial charge in [0.1, 0.15) is 17.3 Å². The van der Waals surface area contributed by atoms with E-state index >= 15 is 0 Å². The SMILES string of the molecule is N=C(N)/C(=C\C(=N)c1ccccc1O)c1ccc(C2CCN(c3ccc(OC4CCC(=O)NC4=O)cc3)CC2)cc1. The second kappa shape index (κ2) is 12.1. The molecule has 9 nitrogen and oxygen atoms in total. The van der Waals surface area contributed by atoms with Crippen LogP contribution < -0.4 is 20.7 Å². The zero-order valence-electron chi connectivity index (χ0n) is 22.6. The molecule has 2 amide bonds. The number of para-hydroxylation sites is 1. The number of hydrogen-bond acceptors (Lipinski definition) is 7. The molecule has 2 aliphatic heterocycles. The summed E-state index contributed by atoms with van der Waals surface area (Å²) in [4.78, 5) is 25.6. The first-order valence-electron chi connectivity index (χ1n) is 13.7. The van der Waals surface area contributed by atoms with Gasteiger partial charge in [0.25, 0.3) is 5.91 Å². The van der Waals surface area contributed by atoms with Gasteiger partial charge in [-0.25, -0.2) is 0 Å². The fourth-order valence-electron chi connectivity index (χ4n) is 5.33. The number of rotatable bonds is 8. The van der Waals surface area contributed by atoms with Crippen molar-refractivity contribution in [3.05, 3.63) is 95.6 Å². The van der Waals surface area contributed by atoms with Crippen LogP contribution in [0.1, 0.15) is 48.3 Å². The zero-order chi connectivity index (χ0) is 28.9. The topological polar surface area (TPSA) is 153 Å². The van der Waals surface area contributed by atoms with Crippen molar-refractivity contribution in [3.8, 4) is 11.5 Å². The van der Waals surface area contributed by atoms with Crippen LogP contribution >= 0.6 is 0 Å². The molecule has 0 bridgehead atoms. The van der Waals surface area contributed by atoms with Gasteiger partial charge in [-0.15, -0.1) is 0 Å². The molecule has 2 aliphatic rings. The predicted octanol–water partition coefficient (Wildman–Crippen LogP) is 4.35. The van der Waals surface area contributed by atoms with Crippen LogP contribution in [0.4, 0.5) is 5.69 Å². The fourth-order valence-corrected chi connectivity index (χ4v) is 5.33. The third-order valence-corrected chi connectivity index (χ3v) is 7.63. The summed E-state index contributed by atoms with van der Waals surface area (Å²) in [5, 5.41) is 28.8. The molecule has 3 aromatic carbocycles. The number of ether oxygens (including phenoxy) is 1. The Morgan fingerprint density at radius 3 is 2.27 bits per heavy atom. The molecule has 9 heteroatoms. The number of hydrogen-bond donors (Lipinski definition) is 5. The Kier molecular flexibility index (Phi) is 8.14. The number of nitrogens with one attached hydrogen (secondary N) is 3. The second-order valence-corrected chi connectivity index (χ2v) is 10.3. The lowest BCUT2D eigenvalue weighted by Crippen LogP contribution is -2.46. The monoisotopic (exact) mass is 551 g/mol. The summed E-state index contributed by atoms with van der Waals surface area (Å²) >= 11 is 0. The van der Waals surface area contributed by atoms with Gasteiger partial charge in [-0.1, -0.05) is 36.4 Å². The van der Waals surface area contributed by atoms with E-state index in [1.54, 1.807) is 18.2 Å². The molecule has 0 aromatic heterocycles. The Balaban J connectivity index is 1.19. The standard InChI is InChI=1S/C32H33N5O4/c33-27(25-3-1-2-4-28(25)38)19-26(31(34)35)22-7-5-20(6-8-22)21-15-17-37(18-16-21)23-9-11-24(12-10-23)41-29-13-14-30(39)36-32(29)40/h1-12,19,21,29,33,38H,13-18H2,(H3,34,35)(H,36,39,40)/b26-19-,33-27?. The van der Waals surface area contributed by atoms with Crippen molar-refractivity contribution >= 4 is 34.6 Å². The minimum Gasteiger partial charge on any atom is -0.507 e. The number of amidine groups is 1. The van der Waals surface area contributed by atoms with Gasteiger partial charge < -0.3 is 25.9 Å². The van der Waals surface area contributed by atoms with Gasteiger partial charge in [-0.2, -0.15) is 0 Å². The molecule has 0 aliphatic carbocycles. The van der Waals surface area contributed by atoms with Crippen molar-refractivity contribution in [1.29, 1.82) is 10.8 Å². The molecule has 2 fully saturated rings. The third kappa shape index (κ3) is 6.46. The number of imide groups is 1. The molecular weight excluding hydrogens is 518 g/mol. The van der Waals surface area contributed by atoms with Crippen molar-refractivity contribution in [2.75, 3.05) is 18.0 Å². The Hall–Kier alpha value is -4.92. The summed E-state index contributed by atoms with van der Waals surface area (Å²) in [6, 6.07) is 22.4. The summed E-state index contributed by atoms with van der Waals surface area (Å²) in [6.07, 6.45) is 3.52. The summed E-state index contributed by atoms with van der Waals surface area (Å²) < 4.78 is 5.79. The van der Waals surface area contributed by atoms with Gasteiger partial charge >= 0.3 is 0 Å². The lowest BCUT2D eigenvalue weighted by atomic mass is 9.88. The highest BCUT2D eigenvalue weighted by molar-refractivity contribution is 6.27. The summed E-state index contributed by atoms with van der Waals surface area (Å²) in [5.74, 6) is 0.229. The lowest BCUT2D eigenvalue weighted by molar-refractivity contribution is -0.138. The molecule has 6 N–H and O–H groups in total. The van der Waals surface area contributed by atoms with Crippen molar-refractivity contribution in [3.63, 3.8) is 0 Å². The number of carbonyl (C=O) groups is 2. The summed E-state index contributed by atoms with van der Waals surface area (Å²) in [6.45, 7) is 1.80. The Morgan fingerprint density at radius 1 is 0.951 bits per heavy atom. The first kappa shape index (κ1) is 27.6. The molecule has 1 unspecified atom stereocenters. The van der Waals surface area contributed by atoms with E-state index in [1.165, 1.54) is 17.7 Å². The maximum Gasteiger partial charge on any atom is 0.267 e. The number of piperidine rings is 2. The average Bonchev–Trinajstić information content (AvgIpc) is 2.98. The third-order valence-electron chi connectivity index (χ3n) is 7.63. The molecule has 0 saturated carbocycles. The smallest absolute Gasteiger partial charge is 0.267 e. The number of nitrogens with two attached hydrogens (primary N) is 1. The summed E-state index contributed by atoms with van der Waals surface area (Å²) in [5.41, 5.74) is 9.83. The highest BCUT2D eigenvalue weighted by Crippen LogP contribution is 2.32. The van der Waals surface area contributed by atoms with Crippen molar-refractivity contribution in [1.82, 2.24) is 5.32 Å². The molecule has 41 heavy (non-hydrogen) atoms. The van der Waals surface area contributed by atoms with Gasteiger partial charge in [0.05, 0.1) is 5.71 Å². The van der Waals surface area contributed by atoms with Crippen molar-refractivity contribution in [2.24, 2.45) is 5.73 Å². The van der Waals surface area contributed by atoms with E-state index in [0.717, 1.165) is 37.2 Å². The predicted molar refractivity (Wildman–Crippen MR) is 159 cm³/mol. The van der Waals surface area contributed by atoms with Crippen molar-refractivity contribution < 1.29 is 19.4 Å². The number of benzene rings is 3. The van der Waals surface area contributed by atoms with Gasteiger partial charge in [-0.05, 0) is 72.4 Å². The molecule has 1 atom stereocenters. The Labute approximate surface area is 238 Å². The van der Waals surface area contributed by atoms with Gasteiger partial charge in [0, 0.05) is 42.8 Å². The largest absolute Gasteiger partial charge is 0.507 e. The number of nitrogens with zero attached hydrogens (tertiary/aromatic N) is 1. The van der Waals surface area contributed by atoms with Crippen LogP contribution in [0, 0.1) is 10.8 Å². The van der Waals surface area contributed by atoms with Crippen LogP contribution in [0.2, 0.25) is 0 Å². The fraction of sp³-hybridized carbons (Fsp3) is 0.250. The first-order chi connectivity index (χ1) is 19.8. The Bertz CT molecular complexity index is 1490. The van der Waals surface area contributed by atoms with E-state index < -0.39 is 6.10 Å². The number of carbonyl (C=O) groups excluding carboxylic acids is 2. The van der Waals surface area contributed by atoms with E-state index in [1.807, 2.05) is 36.4 Å². The van der Waals surface area contributed by atoms with Crippen LogP contribution in [0.5, 0.6) is 11.5 Å². The molecule has 5 rings (SSSR count). The zero-order valence-corrected chi connectivity index (χ0v) is 22.6. The minimum atomic E-state index is -0.646.